The molecular weight excluding hydrogens is 260 g/mol. The van der Waals surface area contributed by atoms with Crippen molar-refractivity contribution in [1.82, 2.24) is 10.2 Å². The highest BCUT2D eigenvalue weighted by molar-refractivity contribution is 5.27. The molecular formula is C18H30N2O. The van der Waals surface area contributed by atoms with Crippen LogP contribution in [0.4, 0.5) is 0 Å². The maximum atomic E-state index is 9.60. The summed E-state index contributed by atoms with van der Waals surface area (Å²) in [5.41, 5.74) is 3.13. The van der Waals surface area contributed by atoms with Gasteiger partial charge in [0.25, 0.3) is 0 Å². The third-order valence-electron chi connectivity index (χ3n) is 4.04. The second-order valence-corrected chi connectivity index (χ2v) is 7.44. The van der Waals surface area contributed by atoms with Gasteiger partial charge in [0.15, 0.2) is 0 Å². The van der Waals surface area contributed by atoms with Gasteiger partial charge in [0.1, 0.15) is 0 Å². The number of hydrogen-bond acceptors (Lipinski definition) is 3. The van der Waals surface area contributed by atoms with E-state index in [1.54, 1.807) is 0 Å². The predicted octanol–water partition coefficient (Wildman–Crippen LogP) is 2.78. The maximum absolute atomic E-state index is 9.60. The molecule has 0 aliphatic carbocycles. The lowest BCUT2D eigenvalue weighted by atomic mass is 9.96. The van der Waals surface area contributed by atoms with E-state index < -0.39 is 0 Å². The third kappa shape index (κ3) is 5.77. The molecule has 0 unspecified atom stereocenters. The number of rotatable bonds is 5. The van der Waals surface area contributed by atoms with Crippen molar-refractivity contribution < 1.29 is 5.11 Å². The fraction of sp³-hybridized carbons (Fsp3) is 0.667. The van der Waals surface area contributed by atoms with E-state index in [0.29, 0.717) is 5.41 Å². The van der Waals surface area contributed by atoms with Crippen LogP contribution in [-0.4, -0.2) is 35.7 Å². The van der Waals surface area contributed by atoms with Crippen LogP contribution < -0.4 is 5.32 Å². The van der Waals surface area contributed by atoms with Crippen molar-refractivity contribution in [2.45, 2.75) is 52.8 Å². The van der Waals surface area contributed by atoms with Gasteiger partial charge < -0.3 is 10.4 Å². The summed E-state index contributed by atoms with van der Waals surface area (Å²) in [5, 5.41) is 13.2. The van der Waals surface area contributed by atoms with Gasteiger partial charge in [-0.15, -0.1) is 0 Å². The van der Waals surface area contributed by atoms with Crippen molar-refractivity contribution >= 4 is 0 Å². The Morgan fingerprint density at radius 3 is 2.38 bits per heavy atom. The Morgan fingerprint density at radius 2 is 1.76 bits per heavy atom. The summed E-state index contributed by atoms with van der Waals surface area (Å²) in [6.45, 7) is 11.7. The molecule has 0 saturated carbocycles. The van der Waals surface area contributed by atoms with Crippen LogP contribution in [-0.2, 0) is 13.1 Å². The Bertz CT molecular complexity index is 431. The lowest BCUT2D eigenvalue weighted by Crippen LogP contribution is -2.35. The van der Waals surface area contributed by atoms with Crippen LogP contribution in [0.25, 0.3) is 0 Å². The van der Waals surface area contributed by atoms with E-state index in [9.17, 15) is 5.11 Å². The summed E-state index contributed by atoms with van der Waals surface area (Å²) in [5.74, 6) is 0. The van der Waals surface area contributed by atoms with Gasteiger partial charge in [-0.1, -0.05) is 45.0 Å². The van der Waals surface area contributed by atoms with Crippen LogP contribution in [0, 0.1) is 5.41 Å². The minimum absolute atomic E-state index is 0.0926. The van der Waals surface area contributed by atoms with Gasteiger partial charge in [-0.3, -0.25) is 4.90 Å². The number of piperidine rings is 1. The zero-order valence-electron chi connectivity index (χ0n) is 13.7. The Hall–Kier alpha value is -0.900. The second-order valence-electron chi connectivity index (χ2n) is 7.44. The van der Waals surface area contributed by atoms with E-state index >= 15 is 0 Å². The molecule has 2 N–H and O–H groups in total. The van der Waals surface area contributed by atoms with Gasteiger partial charge in [0, 0.05) is 32.7 Å². The van der Waals surface area contributed by atoms with Crippen molar-refractivity contribution in [3.63, 3.8) is 0 Å². The Labute approximate surface area is 129 Å². The smallest absolute Gasteiger partial charge is 0.0564 e. The molecule has 0 aromatic heterocycles. The van der Waals surface area contributed by atoms with Crippen LogP contribution in [0.2, 0.25) is 0 Å². The van der Waals surface area contributed by atoms with Gasteiger partial charge in [-0.05, 0) is 29.4 Å². The standard InChI is InChI=1S/C18H30N2O/c1-18(2,3)14-19-12-15-6-4-5-7-16(15)13-20-10-8-17(21)9-11-20/h4-7,17,19,21H,8-14H2,1-3H3. The summed E-state index contributed by atoms with van der Waals surface area (Å²) in [4.78, 5) is 2.45. The molecule has 3 nitrogen and oxygen atoms in total. The zero-order valence-corrected chi connectivity index (χ0v) is 13.7. The maximum Gasteiger partial charge on any atom is 0.0564 e. The first-order valence-electron chi connectivity index (χ1n) is 8.12. The summed E-state index contributed by atoms with van der Waals surface area (Å²) >= 11 is 0. The van der Waals surface area contributed by atoms with Crippen molar-refractivity contribution in [2.75, 3.05) is 19.6 Å². The highest BCUT2D eigenvalue weighted by atomic mass is 16.3. The Morgan fingerprint density at radius 1 is 1.14 bits per heavy atom. The highest BCUT2D eigenvalue weighted by Crippen LogP contribution is 2.17. The topological polar surface area (TPSA) is 35.5 Å². The minimum Gasteiger partial charge on any atom is -0.393 e. The van der Waals surface area contributed by atoms with Crippen molar-refractivity contribution in [1.29, 1.82) is 0 Å². The summed E-state index contributed by atoms with van der Waals surface area (Å²) in [6.07, 6.45) is 1.72. The van der Waals surface area contributed by atoms with Gasteiger partial charge in [0.2, 0.25) is 0 Å². The molecule has 3 heteroatoms. The van der Waals surface area contributed by atoms with E-state index in [0.717, 1.165) is 45.6 Å². The molecule has 0 amide bonds. The number of likely N-dealkylation sites (tertiary alicyclic amines) is 1. The third-order valence-corrected chi connectivity index (χ3v) is 4.04. The van der Waals surface area contributed by atoms with Crippen LogP contribution >= 0.6 is 0 Å². The van der Waals surface area contributed by atoms with E-state index in [1.807, 2.05) is 0 Å². The number of nitrogens with one attached hydrogen (secondary N) is 1. The molecule has 2 rings (SSSR count). The van der Waals surface area contributed by atoms with E-state index in [1.165, 1.54) is 11.1 Å². The minimum atomic E-state index is -0.0926. The molecule has 1 heterocycles. The molecule has 0 bridgehead atoms. The first-order valence-corrected chi connectivity index (χ1v) is 8.12. The predicted molar refractivity (Wildman–Crippen MR) is 88.1 cm³/mol. The van der Waals surface area contributed by atoms with Gasteiger partial charge in [0.05, 0.1) is 6.10 Å². The Kier molecular flexibility index (Phi) is 5.80. The summed E-state index contributed by atoms with van der Waals surface area (Å²) < 4.78 is 0. The average Bonchev–Trinajstić information content (AvgIpc) is 2.42. The SMILES string of the molecule is CC(C)(C)CNCc1ccccc1CN1CCC(O)CC1. The van der Waals surface area contributed by atoms with E-state index in [-0.39, 0.29) is 6.10 Å². The van der Waals surface area contributed by atoms with Crippen LogP contribution in [0.3, 0.4) is 0 Å². The van der Waals surface area contributed by atoms with Crippen molar-refractivity contribution in [2.24, 2.45) is 5.41 Å². The first-order chi connectivity index (χ1) is 9.94. The largest absolute Gasteiger partial charge is 0.393 e. The van der Waals surface area contributed by atoms with Crippen molar-refractivity contribution in [3.8, 4) is 0 Å². The molecule has 1 fully saturated rings. The van der Waals surface area contributed by atoms with E-state index in [2.05, 4.69) is 55.3 Å². The second kappa shape index (κ2) is 7.39. The lowest BCUT2D eigenvalue weighted by Gasteiger charge is -2.30. The molecule has 0 radical (unpaired) electrons. The van der Waals surface area contributed by atoms with Crippen LogP contribution in [0.15, 0.2) is 24.3 Å². The lowest BCUT2D eigenvalue weighted by molar-refractivity contribution is 0.0791. The fourth-order valence-corrected chi connectivity index (χ4v) is 2.77. The van der Waals surface area contributed by atoms with Crippen molar-refractivity contribution in [3.05, 3.63) is 35.4 Å². The number of aliphatic hydroxyl groups is 1. The van der Waals surface area contributed by atoms with Gasteiger partial charge in [-0.2, -0.15) is 0 Å². The summed E-state index contributed by atoms with van der Waals surface area (Å²) in [6, 6.07) is 8.71. The number of hydrogen-bond donors (Lipinski definition) is 2. The zero-order chi connectivity index (χ0) is 15.3. The molecule has 0 atom stereocenters. The van der Waals surface area contributed by atoms with E-state index in [4.69, 9.17) is 0 Å². The summed E-state index contributed by atoms with van der Waals surface area (Å²) in [7, 11) is 0. The molecule has 21 heavy (non-hydrogen) atoms. The highest BCUT2D eigenvalue weighted by Gasteiger charge is 2.17. The monoisotopic (exact) mass is 290 g/mol. The molecule has 0 spiro atoms. The Balaban J connectivity index is 1.90. The van der Waals surface area contributed by atoms with Gasteiger partial charge >= 0.3 is 0 Å². The first kappa shape index (κ1) is 16.5. The normalized spacial score (nSPS) is 18.1. The average molecular weight is 290 g/mol. The molecule has 1 aliphatic heterocycles. The molecule has 1 aliphatic rings. The molecule has 118 valence electrons. The molecule has 1 aromatic carbocycles. The molecule has 1 saturated heterocycles. The van der Waals surface area contributed by atoms with Crippen LogP contribution in [0.5, 0.6) is 0 Å². The van der Waals surface area contributed by atoms with Gasteiger partial charge in [-0.25, -0.2) is 0 Å². The molecule has 1 aromatic rings. The number of benzene rings is 1. The quantitative estimate of drug-likeness (QED) is 0.875. The fourth-order valence-electron chi connectivity index (χ4n) is 2.77. The number of aliphatic hydroxyl groups excluding tert-OH is 1. The number of nitrogens with zero attached hydrogens (tertiary/aromatic N) is 1. The van der Waals surface area contributed by atoms with Crippen LogP contribution in [0.1, 0.15) is 44.7 Å².